The predicted molar refractivity (Wildman–Crippen MR) is 68.6 cm³/mol. The van der Waals surface area contributed by atoms with Gasteiger partial charge in [0, 0.05) is 20.2 Å². The van der Waals surface area contributed by atoms with E-state index in [0.29, 0.717) is 12.4 Å². The van der Waals surface area contributed by atoms with E-state index >= 15 is 0 Å². The Morgan fingerprint density at radius 3 is 2.61 bits per heavy atom. The molecule has 0 fully saturated rings. The van der Waals surface area contributed by atoms with Gasteiger partial charge >= 0.3 is 0 Å². The van der Waals surface area contributed by atoms with E-state index in [2.05, 4.69) is 5.32 Å². The lowest BCUT2D eigenvalue weighted by atomic mass is 10.2. The van der Waals surface area contributed by atoms with E-state index in [-0.39, 0.29) is 13.2 Å². The molecule has 5 nitrogen and oxygen atoms in total. The van der Waals surface area contributed by atoms with Crippen molar-refractivity contribution >= 4 is 0 Å². The number of aliphatic hydroxyl groups excluding tert-OH is 2. The fraction of sp³-hybridized carbons (Fsp3) is 0.538. The van der Waals surface area contributed by atoms with Crippen LogP contribution in [0.2, 0.25) is 0 Å². The normalized spacial score (nSPS) is 12.4. The molecule has 0 heterocycles. The maximum atomic E-state index is 9.14. The van der Waals surface area contributed by atoms with Gasteiger partial charge in [-0.2, -0.15) is 0 Å². The second-order valence-corrected chi connectivity index (χ2v) is 3.96. The summed E-state index contributed by atoms with van der Waals surface area (Å²) < 4.78 is 10.2. The van der Waals surface area contributed by atoms with Crippen LogP contribution < -0.4 is 10.1 Å². The molecule has 0 aliphatic carbocycles. The van der Waals surface area contributed by atoms with Crippen LogP contribution in [0.15, 0.2) is 24.3 Å². The Kier molecular flexibility index (Phi) is 7.36. The third-order valence-electron chi connectivity index (χ3n) is 2.39. The highest BCUT2D eigenvalue weighted by Crippen LogP contribution is 2.12. The summed E-state index contributed by atoms with van der Waals surface area (Å²) in [7, 11) is 1.68. The highest BCUT2D eigenvalue weighted by Gasteiger charge is 2.02. The average molecular weight is 255 g/mol. The van der Waals surface area contributed by atoms with Gasteiger partial charge in [0.25, 0.3) is 0 Å². The Hall–Kier alpha value is -1.14. The van der Waals surface area contributed by atoms with Gasteiger partial charge in [-0.25, -0.2) is 0 Å². The molecule has 102 valence electrons. The molecule has 0 aromatic heterocycles. The number of aliphatic hydroxyl groups is 2. The lowest BCUT2D eigenvalue weighted by Crippen LogP contribution is -2.21. The summed E-state index contributed by atoms with van der Waals surface area (Å²) >= 11 is 0. The molecule has 0 saturated carbocycles. The predicted octanol–water partition coefficient (Wildman–Crippen LogP) is 0.155. The van der Waals surface area contributed by atoms with Crippen molar-refractivity contribution in [2.45, 2.75) is 12.6 Å². The molecule has 5 heteroatoms. The Labute approximate surface area is 107 Å². The minimum Gasteiger partial charge on any atom is -0.491 e. The number of rotatable bonds is 9. The van der Waals surface area contributed by atoms with Crippen molar-refractivity contribution in [3.63, 3.8) is 0 Å². The maximum absolute atomic E-state index is 9.14. The second-order valence-electron chi connectivity index (χ2n) is 3.96. The molecule has 1 aromatic rings. The van der Waals surface area contributed by atoms with Crippen molar-refractivity contribution in [2.75, 3.05) is 33.5 Å². The fourth-order valence-corrected chi connectivity index (χ4v) is 1.36. The highest BCUT2D eigenvalue weighted by molar-refractivity contribution is 5.27. The summed E-state index contributed by atoms with van der Waals surface area (Å²) in [5, 5.41) is 21.0. The standard InChI is InChI=1S/C13H21NO4/c1-17-7-6-14-8-11-2-4-13(5-3-11)18-10-12(16)9-15/h2-5,12,14-16H,6-10H2,1H3. The number of hydrogen-bond donors (Lipinski definition) is 3. The number of benzene rings is 1. The molecule has 0 spiro atoms. The van der Waals surface area contributed by atoms with Crippen LogP contribution in [0.4, 0.5) is 0 Å². The molecular formula is C13H21NO4. The SMILES string of the molecule is COCCNCc1ccc(OCC(O)CO)cc1. The highest BCUT2D eigenvalue weighted by atomic mass is 16.5. The Morgan fingerprint density at radius 2 is 2.00 bits per heavy atom. The van der Waals surface area contributed by atoms with E-state index in [4.69, 9.17) is 19.7 Å². The van der Waals surface area contributed by atoms with Crippen LogP contribution in [0.5, 0.6) is 5.75 Å². The molecular weight excluding hydrogens is 234 g/mol. The van der Waals surface area contributed by atoms with Crippen LogP contribution in [0.25, 0.3) is 0 Å². The fourth-order valence-electron chi connectivity index (χ4n) is 1.36. The van der Waals surface area contributed by atoms with Crippen LogP contribution in [0.3, 0.4) is 0 Å². The lowest BCUT2D eigenvalue weighted by molar-refractivity contribution is 0.0536. The average Bonchev–Trinajstić information content (AvgIpc) is 2.42. The summed E-state index contributed by atoms with van der Waals surface area (Å²) in [6, 6.07) is 7.61. The zero-order valence-corrected chi connectivity index (χ0v) is 10.6. The number of nitrogens with one attached hydrogen (secondary N) is 1. The van der Waals surface area contributed by atoms with Crippen molar-refractivity contribution in [3.05, 3.63) is 29.8 Å². The molecule has 0 amide bonds. The molecule has 0 aliphatic heterocycles. The molecule has 1 unspecified atom stereocenters. The zero-order chi connectivity index (χ0) is 13.2. The molecule has 0 aliphatic rings. The lowest BCUT2D eigenvalue weighted by Gasteiger charge is -2.10. The van der Waals surface area contributed by atoms with Gasteiger partial charge in [0.2, 0.25) is 0 Å². The summed E-state index contributed by atoms with van der Waals surface area (Å²) in [4.78, 5) is 0. The van der Waals surface area contributed by atoms with Crippen LogP contribution in [-0.4, -0.2) is 49.8 Å². The van der Waals surface area contributed by atoms with Crippen molar-refractivity contribution in [1.82, 2.24) is 5.32 Å². The van der Waals surface area contributed by atoms with Gasteiger partial charge in [-0.1, -0.05) is 12.1 Å². The van der Waals surface area contributed by atoms with Crippen LogP contribution in [-0.2, 0) is 11.3 Å². The smallest absolute Gasteiger partial charge is 0.119 e. The first-order valence-electron chi connectivity index (χ1n) is 5.96. The van der Waals surface area contributed by atoms with Gasteiger partial charge in [-0.05, 0) is 17.7 Å². The third kappa shape index (κ3) is 5.97. The largest absolute Gasteiger partial charge is 0.491 e. The molecule has 18 heavy (non-hydrogen) atoms. The van der Waals surface area contributed by atoms with Crippen molar-refractivity contribution in [1.29, 1.82) is 0 Å². The van der Waals surface area contributed by atoms with Crippen LogP contribution in [0.1, 0.15) is 5.56 Å². The number of hydrogen-bond acceptors (Lipinski definition) is 5. The quantitative estimate of drug-likeness (QED) is 0.548. The molecule has 0 saturated heterocycles. The molecule has 1 rings (SSSR count). The van der Waals surface area contributed by atoms with Crippen molar-refractivity contribution < 1.29 is 19.7 Å². The molecule has 0 bridgehead atoms. The Bertz CT molecular complexity index is 315. The summed E-state index contributed by atoms with van der Waals surface area (Å²) in [5.74, 6) is 0.683. The van der Waals surface area contributed by atoms with Gasteiger partial charge in [-0.3, -0.25) is 0 Å². The topological polar surface area (TPSA) is 71.0 Å². The van der Waals surface area contributed by atoms with Crippen molar-refractivity contribution in [2.24, 2.45) is 0 Å². The van der Waals surface area contributed by atoms with E-state index in [0.717, 1.165) is 18.7 Å². The van der Waals surface area contributed by atoms with Crippen molar-refractivity contribution in [3.8, 4) is 5.75 Å². The molecule has 3 N–H and O–H groups in total. The minimum absolute atomic E-state index is 0.0991. The van der Waals surface area contributed by atoms with Crippen LogP contribution in [0, 0.1) is 0 Å². The minimum atomic E-state index is -0.833. The van der Waals surface area contributed by atoms with Gasteiger partial charge in [0.15, 0.2) is 0 Å². The van der Waals surface area contributed by atoms with Gasteiger partial charge < -0.3 is 25.0 Å². The first-order chi connectivity index (χ1) is 8.76. The van der Waals surface area contributed by atoms with Crippen LogP contribution >= 0.6 is 0 Å². The zero-order valence-electron chi connectivity index (χ0n) is 10.6. The summed E-state index contributed by atoms with van der Waals surface area (Å²) in [5.41, 5.74) is 1.15. The van der Waals surface area contributed by atoms with E-state index in [9.17, 15) is 0 Å². The molecule has 1 atom stereocenters. The van der Waals surface area contributed by atoms with Gasteiger partial charge in [0.05, 0.1) is 13.2 Å². The Balaban J connectivity index is 2.28. The summed E-state index contributed by atoms with van der Waals surface area (Å²) in [6.07, 6.45) is -0.833. The number of methoxy groups -OCH3 is 1. The third-order valence-corrected chi connectivity index (χ3v) is 2.39. The monoisotopic (exact) mass is 255 g/mol. The van der Waals surface area contributed by atoms with Gasteiger partial charge in [0.1, 0.15) is 18.5 Å². The first kappa shape index (κ1) is 14.9. The van der Waals surface area contributed by atoms with E-state index in [1.54, 1.807) is 7.11 Å². The maximum Gasteiger partial charge on any atom is 0.119 e. The number of ether oxygens (including phenoxy) is 2. The molecule has 1 aromatic carbocycles. The Morgan fingerprint density at radius 1 is 1.28 bits per heavy atom. The summed E-state index contributed by atoms with van der Waals surface area (Å²) in [6.45, 7) is 2.10. The van der Waals surface area contributed by atoms with E-state index in [1.807, 2.05) is 24.3 Å². The van der Waals surface area contributed by atoms with Gasteiger partial charge in [-0.15, -0.1) is 0 Å². The van der Waals surface area contributed by atoms with E-state index in [1.165, 1.54) is 0 Å². The first-order valence-corrected chi connectivity index (χ1v) is 5.96. The second kappa shape index (κ2) is 8.88. The molecule has 0 radical (unpaired) electrons. The van der Waals surface area contributed by atoms with E-state index < -0.39 is 6.10 Å².